The Morgan fingerprint density at radius 3 is 1.45 bits per heavy atom. The number of halogens is 7. The largest absolute Gasteiger partial charge is 0.422 e. The van der Waals surface area contributed by atoms with Crippen molar-refractivity contribution in [1.82, 2.24) is 0 Å². The summed E-state index contributed by atoms with van der Waals surface area (Å²) in [6, 6.07) is 0. The molecule has 20 heavy (non-hydrogen) atoms. The highest BCUT2D eigenvalue weighted by Crippen LogP contribution is 2.48. The molecule has 0 aliphatic rings. The zero-order chi connectivity index (χ0) is 15.9. The van der Waals surface area contributed by atoms with E-state index in [9.17, 15) is 35.3 Å². The molecular weight excluding hydrogens is 320 g/mol. The van der Waals surface area contributed by atoms with E-state index in [-0.39, 0.29) is 0 Å². The summed E-state index contributed by atoms with van der Waals surface area (Å²) >= 11 is 0. The van der Waals surface area contributed by atoms with Crippen molar-refractivity contribution in [3.8, 4) is 0 Å². The van der Waals surface area contributed by atoms with E-state index in [1.807, 2.05) is 0 Å². The van der Waals surface area contributed by atoms with E-state index in [1.54, 1.807) is 0 Å². The molecule has 1 rings (SSSR count). The van der Waals surface area contributed by atoms with Gasteiger partial charge in [-0.15, -0.1) is 0 Å². The average Bonchev–Trinajstić information content (AvgIpc) is 2.35. The molecule has 0 aliphatic carbocycles. The Labute approximate surface area is 107 Å². The summed E-state index contributed by atoms with van der Waals surface area (Å²) in [5.41, 5.74) is -2.77. The molecule has 0 saturated heterocycles. The van der Waals surface area contributed by atoms with Gasteiger partial charge in [-0.3, -0.25) is 4.57 Å². The molecule has 114 valence electrons. The van der Waals surface area contributed by atoms with E-state index >= 15 is 0 Å². The predicted octanol–water partition coefficient (Wildman–Crippen LogP) is 3.37. The summed E-state index contributed by atoms with van der Waals surface area (Å²) in [7, 11) is -3.56. The second-order valence-corrected chi connectivity index (χ2v) is 5.51. The van der Waals surface area contributed by atoms with E-state index in [1.165, 1.54) is 0 Å². The molecule has 0 heterocycles. The van der Waals surface area contributed by atoms with Gasteiger partial charge in [0.25, 0.3) is 0 Å². The molecule has 0 spiro atoms. The third-order valence-corrected chi connectivity index (χ3v) is 4.18. The second kappa shape index (κ2) is 5.34. The van der Waals surface area contributed by atoms with Gasteiger partial charge in [0.1, 0.15) is 10.9 Å². The minimum atomic E-state index is -5.68. The van der Waals surface area contributed by atoms with Crippen molar-refractivity contribution in [2.45, 2.75) is 6.18 Å². The Balaban J connectivity index is 3.83. The quantitative estimate of drug-likeness (QED) is 0.485. The first-order chi connectivity index (χ1) is 9.01. The molecule has 1 aromatic carbocycles. The van der Waals surface area contributed by atoms with E-state index < -0.39 is 47.9 Å². The van der Waals surface area contributed by atoms with Crippen LogP contribution in [0.15, 0.2) is 0 Å². The molecule has 0 fully saturated rings. The lowest BCUT2D eigenvalue weighted by Crippen LogP contribution is -2.26. The summed E-state index contributed by atoms with van der Waals surface area (Å²) in [6.07, 6.45) is -5.68. The van der Waals surface area contributed by atoms with Crippen LogP contribution in [-0.4, -0.2) is 14.2 Å². The maximum atomic E-state index is 13.5. The van der Waals surface area contributed by atoms with Gasteiger partial charge in [0, 0.05) is 14.2 Å². The fourth-order valence-corrected chi connectivity index (χ4v) is 2.56. The normalized spacial score (nSPS) is 12.8. The van der Waals surface area contributed by atoms with Crippen LogP contribution in [0.3, 0.4) is 0 Å². The molecule has 0 aromatic heterocycles. The van der Waals surface area contributed by atoms with Gasteiger partial charge in [-0.2, -0.15) is 13.2 Å². The predicted molar refractivity (Wildman–Crippen MR) is 52.5 cm³/mol. The van der Waals surface area contributed by atoms with Gasteiger partial charge < -0.3 is 9.05 Å². The van der Waals surface area contributed by atoms with Crippen molar-refractivity contribution in [1.29, 1.82) is 0 Å². The van der Waals surface area contributed by atoms with Crippen molar-refractivity contribution in [2.24, 2.45) is 0 Å². The van der Waals surface area contributed by atoms with Gasteiger partial charge >= 0.3 is 13.8 Å². The maximum absolute atomic E-state index is 13.5. The first kappa shape index (κ1) is 16.9. The fraction of sp³-hybridized carbons (Fsp3) is 0.333. The van der Waals surface area contributed by atoms with Crippen molar-refractivity contribution < 1.29 is 44.3 Å². The molecule has 0 bridgehead atoms. The minimum Gasteiger partial charge on any atom is -0.308 e. The fourth-order valence-electron chi connectivity index (χ4n) is 1.37. The van der Waals surface area contributed by atoms with E-state index in [4.69, 9.17) is 0 Å². The number of hydrogen-bond acceptors (Lipinski definition) is 3. The molecule has 0 radical (unpaired) electrons. The van der Waals surface area contributed by atoms with Crippen molar-refractivity contribution >= 4 is 12.9 Å². The van der Waals surface area contributed by atoms with Crippen LogP contribution < -0.4 is 5.30 Å². The Bertz CT molecular complexity index is 547. The lowest BCUT2D eigenvalue weighted by Gasteiger charge is -2.18. The minimum absolute atomic E-state index is 0.636. The molecule has 0 aliphatic heterocycles. The smallest absolute Gasteiger partial charge is 0.308 e. The Hall–Kier alpha value is -1.12. The van der Waals surface area contributed by atoms with Gasteiger partial charge in [-0.25, -0.2) is 17.6 Å². The van der Waals surface area contributed by atoms with Crippen LogP contribution in [0, 0.1) is 23.3 Å². The van der Waals surface area contributed by atoms with Gasteiger partial charge in [-0.1, -0.05) is 0 Å². The molecule has 0 atom stereocenters. The molecular formula is C9H6F7O3P. The number of benzene rings is 1. The number of alkyl halides is 3. The highest BCUT2D eigenvalue weighted by atomic mass is 31.2. The van der Waals surface area contributed by atoms with Crippen LogP contribution in [0.5, 0.6) is 0 Å². The third-order valence-electron chi connectivity index (χ3n) is 2.28. The van der Waals surface area contributed by atoms with Gasteiger partial charge in [0.05, 0.1) is 0 Å². The van der Waals surface area contributed by atoms with Crippen molar-refractivity contribution in [3.05, 3.63) is 28.8 Å². The zero-order valence-electron chi connectivity index (χ0n) is 9.82. The Morgan fingerprint density at radius 2 is 1.20 bits per heavy atom. The van der Waals surface area contributed by atoms with Crippen LogP contribution in [0.4, 0.5) is 30.7 Å². The molecule has 0 N–H and O–H groups in total. The lowest BCUT2D eigenvalue weighted by molar-refractivity contribution is -0.143. The van der Waals surface area contributed by atoms with E-state index in [2.05, 4.69) is 9.05 Å². The molecule has 0 unspecified atom stereocenters. The number of hydrogen-bond donors (Lipinski definition) is 0. The summed E-state index contributed by atoms with van der Waals surface area (Å²) < 4.78 is 110. The summed E-state index contributed by atoms with van der Waals surface area (Å²) in [5, 5.41) is -1.87. The first-order valence-corrected chi connectivity index (χ1v) is 6.20. The van der Waals surface area contributed by atoms with Crippen molar-refractivity contribution in [3.63, 3.8) is 0 Å². The number of rotatable bonds is 3. The van der Waals surface area contributed by atoms with Crippen LogP contribution in [0.2, 0.25) is 0 Å². The summed E-state index contributed by atoms with van der Waals surface area (Å²) in [5.74, 6) is -10.5. The summed E-state index contributed by atoms with van der Waals surface area (Å²) in [4.78, 5) is 0. The van der Waals surface area contributed by atoms with Crippen LogP contribution in [-0.2, 0) is 19.8 Å². The molecule has 0 amide bonds. The van der Waals surface area contributed by atoms with Gasteiger partial charge in [0.15, 0.2) is 23.3 Å². The SMILES string of the molecule is COP(=O)(OC)c1c(F)c(F)c(C(F)(F)F)c(F)c1F. The second-order valence-electron chi connectivity index (χ2n) is 3.34. The third kappa shape index (κ3) is 2.55. The molecule has 0 saturated carbocycles. The molecule has 1 aromatic rings. The van der Waals surface area contributed by atoms with Crippen LogP contribution >= 0.6 is 7.60 Å². The first-order valence-electron chi connectivity index (χ1n) is 4.66. The van der Waals surface area contributed by atoms with Crippen LogP contribution in [0.1, 0.15) is 5.56 Å². The highest BCUT2D eigenvalue weighted by Gasteiger charge is 2.46. The maximum Gasteiger partial charge on any atom is 0.422 e. The molecule has 11 heteroatoms. The van der Waals surface area contributed by atoms with Gasteiger partial charge in [-0.05, 0) is 0 Å². The Kier molecular flexibility index (Phi) is 4.52. The van der Waals surface area contributed by atoms with E-state index in [0.29, 0.717) is 14.2 Å². The average molecular weight is 326 g/mol. The Morgan fingerprint density at radius 1 is 0.850 bits per heavy atom. The highest BCUT2D eigenvalue weighted by molar-refractivity contribution is 7.62. The standard InChI is InChI=1S/C9H6F7O3P/c1-18-20(17,19-2)8-6(12)4(10)3(9(14,15)16)5(11)7(8)13/h1-2H3. The van der Waals surface area contributed by atoms with E-state index in [0.717, 1.165) is 0 Å². The monoisotopic (exact) mass is 326 g/mol. The summed E-state index contributed by atoms with van der Waals surface area (Å²) in [6.45, 7) is 0. The topological polar surface area (TPSA) is 35.5 Å². The molecule has 3 nitrogen and oxygen atoms in total. The lowest BCUT2D eigenvalue weighted by atomic mass is 10.1. The van der Waals surface area contributed by atoms with Crippen molar-refractivity contribution in [2.75, 3.05) is 14.2 Å². The van der Waals surface area contributed by atoms with Gasteiger partial charge in [0.2, 0.25) is 0 Å². The van der Waals surface area contributed by atoms with Crippen LogP contribution in [0.25, 0.3) is 0 Å². The zero-order valence-corrected chi connectivity index (χ0v) is 10.7.